The fraction of sp³-hybridized carbons (Fsp3) is 0.462. The Morgan fingerprint density at radius 1 is 1.28 bits per heavy atom. The van der Waals surface area contributed by atoms with Gasteiger partial charge < -0.3 is 10.6 Å². The van der Waals surface area contributed by atoms with Gasteiger partial charge in [0.15, 0.2) is 0 Å². The Morgan fingerprint density at radius 2 is 1.94 bits per heavy atom. The lowest BCUT2D eigenvalue weighted by Crippen LogP contribution is -2.41. The maximum Gasteiger partial charge on any atom is 0.226 e. The smallest absolute Gasteiger partial charge is 0.226 e. The normalized spacial score (nSPS) is 11.4. The van der Waals surface area contributed by atoms with Crippen LogP contribution in [0.1, 0.15) is 19.4 Å². The number of amides is 1. The number of carbonyl (C=O) groups excluding carboxylic acids is 1. The van der Waals surface area contributed by atoms with E-state index in [2.05, 4.69) is 10.6 Å². The molecule has 1 amide bonds. The van der Waals surface area contributed by atoms with E-state index >= 15 is 0 Å². The lowest BCUT2D eigenvalue weighted by atomic mass is 9.92. The maximum absolute atomic E-state index is 11.6. The molecule has 0 bridgehead atoms. The molecule has 0 heterocycles. The van der Waals surface area contributed by atoms with Crippen molar-refractivity contribution in [1.29, 1.82) is 0 Å². The number of nitrogens with one attached hydrogen (secondary N) is 2. The molecule has 100 valence electrons. The van der Waals surface area contributed by atoms with E-state index in [4.69, 9.17) is 23.2 Å². The van der Waals surface area contributed by atoms with Gasteiger partial charge in [0.1, 0.15) is 0 Å². The summed E-state index contributed by atoms with van der Waals surface area (Å²) in [5.74, 6) is 0.0177. The van der Waals surface area contributed by atoms with Gasteiger partial charge in [-0.3, -0.25) is 4.79 Å². The summed E-state index contributed by atoms with van der Waals surface area (Å²) in [7, 11) is 1.64. The van der Waals surface area contributed by atoms with Crippen molar-refractivity contribution in [3.8, 4) is 0 Å². The number of halogens is 2. The number of carbonyl (C=O) groups is 1. The predicted molar refractivity (Wildman–Crippen MR) is 76.0 cm³/mol. The summed E-state index contributed by atoms with van der Waals surface area (Å²) in [5.41, 5.74) is 0.599. The molecule has 1 aromatic carbocycles. The van der Waals surface area contributed by atoms with Crippen molar-refractivity contribution in [2.75, 3.05) is 13.6 Å². The standard InChI is InChI=1S/C13H18Cl2N2O/c1-13(2,12(18)16-3)8-17-7-9-4-5-10(14)11(15)6-9/h4-6,17H,7-8H2,1-3H3,(H,16,18). The zero-order valence-corrected chi connectivity index (χ0v) is 12.3. The highest BCUT2D eigenvalue weighted by molar-refractivity contribution is 6.42. The zero-order chi connectivity index (χ0) is 13.8. The van der Waals surface area contributed by atoms with Crippen LogP contribution in [-0.2, 0) is 11.3 Å². The third-order valence-electron chi connectivity index (χ3n) is 2.72. The lowest BCUT2D eigenvalue weighted by molar-refractivity contribution is -0.128. The van der Waals surface area contributed by atoms with Crippen LogP contribution in [0.15, 0.2) is 18.2 Å². The van der Waals surface area contributed by atoms with E-state index in [1.54, 1.807) is 13.1 Å². The predicted octanol–water partition coefficient (Wildman–Crippen LogP) is 2.86. The molecule has 0 spiro atoms. The first-order valence-electron chi connectivity index (χ1n) is 5.73. The number of benzene rings is 1. The van der Waals surface area contributed by atoms with Crippen LogP contribution in [-0.4, -0.2) is 19.5 Å². The number of hydrogen-bond donors (Lipinski definition) is 2. The minimum Gasteiger partial charge on any atom is -0.359 e. The fourth-order valence-corrected chi connectivity index (χ4v) is 1.91. The largest absolute Gasteiger partial charge is 0.359 e. The molecule has 2 N–H and O–H groups in total. The van der Waals surface area contributed by atoms with Crippen molar-refractivity contribution < 1.29 is 4.79 Å². The molecule has 0 unspecified atom stereocenters. The molecule has 0 fully saturated rings. The first-order chi connectivity index (χ1) is 8.36. The van der Waals surface area contributed by atoms with Gasteiger partial charge in [-0.1, -0.05) is 29.3 Å². The average molecular weight is 289 g/mol. The molecule has 0 aromatic heterocycles. The summed E-state index contributed by atoms with van der Waals surface area (Å²) in [6.07, 6.45) is 0. The Labute approximate surface area is 118 Å². The highest BCUT2D eigenvalue weighted by Gasteiger charge is 2.25. The van der Waals surface area contributed by atoms with E-state index in [1.165, 1.54) is 0 Å². The zero-order valence-electron chi connectivity index (χ0n) is 10.8. The molecular formula is C13H18Cl2N2O. The van der Waals surface area contributed by atoms with Crippen LogP contribution in [0.4, 0.5) is 0 Å². The summed E-state index contributed by atoms with van der Waals surface area (Å²) in [5, 5.41) is 6.98. The maximum atomic E-state index is 11.6. The molecule has 0 radical (unpaired) electrons. The van der Waals surface area contributed by atoms with Crippen LogP contribution in [0, 0.1) is 5.41 Å². The van der Waals surface area contributed by atoms with Crippen molar-refractivity contribution in [3.05, 3.63) is 33.8 Å². The first kappa shape index (κ1) is 15.3. The molecule has 1 aromatic rings. The minimum atomic E-state index is -0.440. The van der Waals surface area contributed by atoms with Crippen molar-refractivity contribution in [3.63, 3.8) is 0 Å². The average Bonchev–Trinajstić information content (AvgIpc) is 2.32. The molecule has 0 saturated carbocycles. The van der Waals surface area contributed by atoms with Gasteiger partial charge in [-0.15, -0.1) is 0 Å². The monoisotopic (exact) mass is 288 g/mol. The van der Waals surface area contributed by atoms with Crippen LogP contribution in [0.25, 0.3) is 0 Å². The first-order valence-corrected chi connectivity index (χ1v) is 6.49. The van der Waals surface area contributed by atoms with Gasteiger partial charge in [-0.25, -0.2) is 0 Å². The van der Waals surface area contributed by atoms with Crippen LogP contribution in [0.2, 0.25) is 10.0 Å². The Bertz CT molecular complexity index is 433. The van der Waals surface area contributed by atoms with E-state index in [-0.39, 0.29) is 5.91 Å². The summed E-state index contributed by atoms with van der Waals surface area (Å²) in [4.78, 5) is 11.6. The number of hydrogen-bond acceptors (Lipinski definition) is 2. The molecule has 18 heavy (non-hydrogen) atoms. The second kappa shape index (κ2) is 6.41. The minimum absolute atomic E-state index is 0.0177. The van der Waals surface area contributed by atoms with E-state index in [0.29, 0.717) is 23.1 Å². The third-order valence-corrected chi connectivity index (χ3v) is 3.46. The van der Waals surface area contributed by atoms with Gasteiger partial charge in [0.25, 0.3) is 0 Å². The Balaban J connectivity index is 2.51. The molecule has 0 aliphatic carbocycles. The summed E-state index contributed by atoms with van der Waals surface area (Å²) in [6, 6.07) is 5.50. The SMILES string of the molecule is CNC(=O)C(C)(C)CNCc1ccc(Cl)c(Cl)c1. The fourth-order valence-electron chi connectivity index (χ4n) is 1.59. The topological polar surface area (TPSA) is 41.1 Å². The molecule has 0 atom stereocenters. The van der Waals surface area contributed by atoms with Gasteiger partial charge >= 0.3 is 0 Å². The van der Waals surface area contributed by atoms with Crippen molar-refractivity contribution in [2.45, 2.75) is 20.4 Å². The third kappa shape index (κ3) is 4.16. The molecule has 0 aliphatic heterocycles. The van der Waals surface area contributed by atoms with Gasteiger partial charge in [0.05, 0.1) is 15.5 Å². The molecule has 5 heteroatoms. The van der Waals surface area contributed by atoms with E-state index in [9.17, 15) is 4.79 Å². The van der Waals surface area contributed by atoms with Gasteiger partial charge in [0, 0.05) is 20.1 Å². The molecule has 3 nitrogen and oxygen atoms in total. The Kier molecular flexibility index (Phi) is 5.45. The number of rotatable bonds is 5. The van der Waals surface area contributed by atoms with Crippen molar-refractivity contribution in [2.24, 2.45) is 5.41 Å². The van der Waals surface area contributed by atoms with Crippen LogP contribution < -0.4 is 10.6 Å². The van der Waals surface area contributed by atoms with Crippen LogP contribution >= 0.6 is 23.2 Å². The Hall–Kier alpha value is -0.770. The van der Waals surface area contributed by atoms with E-state index < -0.39 is 5.41 Å². The van der Waals surface area contributed by atoms with E-state index in [0.717, 1.165) is 5.56 Å². The second-order valence-electron chi connectivity index (χ2n) is 4.82. The molecule has 1 rings (SSSR count). The van der Waals surface area contributed by atoms with Gasteiger partial charge in [0.2, 0.25) is 5.91 Å². The summed E-state index contributed by atoms with van der Waals surface area (Å²) >= 11 is 11.8. The Morgan fingerprint density at radius 3 is 2.50 bits per heavy atom. The van der Waals surface area contributed by atoms with Crippen molar-refractivity contribution >= 4 is 29.1 Å². The van der Waals surface area contributed by atoms with Crippen LogP contribution in [0.3, 0.4) is 0 Å². The second-order valence-corrected chi connectivity index (χ2v) is 5.63. The van der Waals surface area contributed by atoms with Gasteiger partial charge in [-0.2, -0.15) is 0 Å². The highest BCUT2D eigenvalue weighted by atomic mass is 35.5. The van der Waals surface area contributed by atoms with Crippen molar-refractivity contribution in [1.82, 2.24) is 10.6 Å². The summed E-state index contributed by atoms with van der Waals surface area (Å²) < 4.78 is 0. The lowest BCUT2D eigenvalue weighted by Gasteiger charge is -2.23. The molecular weight excluding hydrogens is 271 g/mol. The van der Waals surface area contributed by atoms with E-state index in [1.807, 2.05) is 26.0 Å². The van der Waals surface area contributed by atoms with Crippen LogP contribution in [0.5, 0.6) is 0 Å². The molecule has 0 saturated heterocycles. The quantitative estimate of drug-likeness (QED) is 0.875. The van der Waals surface area contributed by atoms with Gasteiger partial charge in [-0.05, 0) is 31.5 Å². The highest BCUT2D eigenvalue weighted by Crippen LogP contribution is 2.22. The summed E-state index contributed by atoms with van der Waals surface area (Å²) in [6.45, 7) is 5.03. The molecule has 0 aliphatic rings.